The van der Waals surface area contributed by atoms with E-state index in [0.29, 0.717) is 5.06 Å². The van der Waals surface area contributed by atoms with Gasteiger partial charge in [-0.05, 0) is 44.0 Å². The van der Waals surface area contributed by atoms with E-state index in [1.807, 2.05) is 0 Å². The van der Waals surface area contributed by atoms with Crippen LogP contribution in [0.4, 0.5) is 9.59 Å². The van der Waals surface area contributed by atoms with Crippen LogP contribution in [0, 0.1) is 0 Å². The molecule has 13 nitrogen and oxygen atoms in total. The molecule has 2 aliphatic rings. The average molecular weight is 495 g/mol. The first-order valence-corrected chi connectivity index (χ1v) is 10.8. The molecule has 2 bridgehead atoms. The van der Waals surface area contributed by atoms with Crippen LogP contribution >= 0.6 is 0 Å². The van der Waals surface area contributed by atoms with Gasteiger partial charge < -0.3 is 29.6 Å². The first kappa shape index (κ1) is 27.1. The minimum absolute atomic E-state index is 0. The second-order valence-electron chi connectivity index (χ2n) is 8.07. The number of fused-ring (bicyclic) bond motifs is 4. The summed E-state index contributed by atoms with van der Waals surface area (Å²) in [5.41, 5.74) is -0.209. The van der Waals surface area contributed by atoms with E-state index < -0.39 is 46.2 Å². The number of amides is 3. The molecule has 0 aliphatic carbocycles. The number of benzene rings is 1. The first-order chi connectivity index (χ1) is 14.8. The van der Waals surface area contributed by atoms with Gasteiger partial charge in [-0.25, -0.2) is 9.59 Å². The van der Waals surface area contributed by atoms with Gasteiger partial charge in [-0.2, -0.15) is 13.5 Å². The van der Waals surface area contributed by atoms with E-state index >= 15 is 0 Å². The van der Waals surface area contributed by atoms with Crippen LogP contribution in [0.1, 0.15) is 44.0 Å². The molecular formula is C18H22N3NaO10S. The fourth-order valence-corrected chi connectivity index (χ4v) is 3.83. The van der Waals surface area contributed by atoms with E-state index in [9.17, 15) is 27.9 Å². The van der Waals surface area contributed by atoms with Crippen molar-refractivity contribution in [3.05, 3.63) is 29.3 Å². The molecule has 15 heteroatoms. The Kier molecular flexibility index (Phi) is 8.25. The Labute approximate surface area is 212 Å². The van der Waals surface area contributed by atoms with Crippen molar-refractivity contribution in [2.45, 2.75) is 38.5 Å². The van der Waals surface area contributed by atoms with E-state index in [1.165, 1.54) is 18.2 Å². The molecule has 0 radical (unpaired) electrons. The molecular weight excluding hydrogens is 473 g/mol. The molecule has 1 saturated heterocycles. The molecule has 2 heterocycles. The number of hydrogen-bond acceptors (Lipinski definition) is 9. The summed E-state index contributed by atoms with van der Waals surface area (Å²) < 4.78 is 46.3. The summed E-state index contributed by atoms with van der Waals surface area (Å²) in [5.74, 6) is -1.30. The van der Waals surface area contributed by atoms with Gasteiger partial charge in [-0.3, -0.25) is 4.55 Å². The summed E-state index contributed by atoms with van der Waals surface area (Å²) in [7, 11) is -5.04. The Morgan fingerprint density at radius 3 is 2.52 bits per heavy atom. The van der Waals surface area contributed by atoms with Crippen LogP contribution in [0.3, 0.4) is 0 Å². The van der Waals surface area contributed by atoms with Crippen LogP contribution in [0.15, 0.2) is 18.2 Å². The molecule has 2 N–H and O–H groups in total. The fraction of sp³-hybridized carbons (Fsp3) is 0.500. The van der Waals surface area contributed by atoms with Crippen molar-refractivity contribution < 1.29 is 75.8 Å². The Balaban J connectivity index is 0.00000385. The van der Waals surface area contributed by atoms with E-state index in [0.717, 1.165) is 4.90 Å². The summed E-state index contributed by atoms with van der Waals surface area (Å²) in [4.78, 5) is 36.7. The van der Waals surface area contributed by atoms with Crippen LogP contribution in [-0.2, 0) is 24.2 Å². The molecule has 33 heavy (non-hydrogen) atoms. The van der Waals surface area contributed by atoms with Gasteiger partial charge in [0.1, 0.15) is 24.0 Å². The second kappa shape index (κ2) is 10.0. The van der Waals surface area contributed by atoms with Crippen molar-refractivity contribution >= 4 is 28.5 Å². The summed E-state index contributed by atoms with van der Waals surface area (Å²) in [6.45, 7) is 5.12. The number of urea groups is 1. The van der Waals surface area contributed by atoms with Gasteiger partial charge in [-0.15, -0.1) is 4.28 Å². The van der Waals surface area contributed by atoms with Gasteiger partial charge in [0, 0.05) is 0 Å². The van der Waals surface area contributed by atoms with Crippen LogP contribution < -0.4 is 44.7 Å². The minimum atomic E-state index is -5.04. The minimum Gasteiger partial charge on any atom is -0.548 e. The standard InChI is InChI=1S/C18H23N3O10S.Na/c1-18(2,3)30-16(24)19-6-7-29-10-4-5-11-12(8-10)13-9-20(14(11)15(22)23)17(25)21(13)31-32(26,27)28;/h4-5,8,13-14H,6-7,9H2,1-3H3,(H,19,24)(H,22,23)(H,26,27,28);/q;+1/p-1/t13-,14+;/m0./s1. The molecule has 2 atom stereocenters. The Hall–Kier alpha value is -2.10. The van der Waals surface area contributed by atoms with Crippen molar-refractivity contribution in [2.24, 2.45) is 0 Å². The predicted octanol–water partition coefficient (Wildman–Crippen LogP) is -3.09. The number of carbonyl (C=O) groups excluding carboxylic acids is 3. The van der Waals surface area contributed by atoms with Crippen molar-refractivity contribution in [3.8, 4) is 5.75 Å². The van der Waals surface area contributed by atoms with Gasteiger partial charge in [0.2, 0.25) is 0 Å². The van der Waals surface area contributed by atoms with Crippen LogP contribution in [-0.4, -0.2) is 66.3 Å². The van der Waals surface area contributed by atoms with Crippen molar-refractivity contribution in [2.75, 3.05) is 19.7 Å². The van der Waals surface area contributed by atoms with Gasteiger partial charge in [0.25, 0.3) is 0 Å². The third-order valence-electron chi connectivity index (χ3n) is 4.55. The zero-order valence-electron chi connectivity index (χ0n) is 18.4. The molecule has 0 saturated carbocycles. The molecule has 3 amide bonds. The SMILES string of the molecule is CC(C)(C)OC(=O)NCCOc1ccc2c(c1)[C@@H]1CN(C(=O)N1OS(=O)(=O)O)[C@H]2C(=O)[O-].[Na+]. The Morgan fingerprint density at radius 1 is 1.27 bits per heavy atom. The molecule has 0 spiro atoms. The Bertz CT molecular complexity index is 1040. The normalized spacial score (nSPS) is 19.5. The maximum atomic E-state index is 12.5. The molecule has 1 aromatic carbocycles. The number of carboxylic acids is 1. The molecule has 0 aromatic heterocycles. The van der Waals surface area contributed by atoms with Gasteiger partial charge >= 0.3 is 52.1 Å². The molecule has 1 fully saturated rings. The number of hydroxylamine groups is 2. The van der Waals surface area contributed by atoms with Gasteiger partial charge in [0.05, 0.1) is 25.1 Å². The predicted molar refractivity (Wildman–Crippen MR) is 103 cm³/mol. The number of nitrogens with zero attached hydrogens (tertiary/aromatic N) is 2. The average Bonchev–Trinajstić information content (AvgIpc) is 2.89. The number of hydrogen-bond donors (Lipinski definition) is 2. The van der Waals surface area contributed by atoms with E-state index in [-0.39, 0.29) is 66.1 Å². The van der Waals surface area contributed by atoms with E-state index in [4.69, 9.17) is 14.0 Å². The quantitative estimate of drug-likeness (QED) is 0.224. The maximum absolute atomic E-state index is 12.5. The first-order valence-electron chi connectivity index (χ1n) is 9.48. The van der Waals surface area contributed by atoms with Crippen molar-refractivity contribution in [1.82, 2.24) is 15.3 Å². The molecule has 1 aromatic rings. The zero-order chi connectivity index (χ0) is 23.8. The Morgan fingerprint density at radius 2 is 1.94 bits per heavy atom. The number of rotatable bonds is 7. The van der Waals surface area contributed by atoms with Crippen LogP contribution in [0.2, 0.25) is 0 Å². The number of ether oxygens (including phenoxy) is 2. The maximum Gasteiger partial charge on any atom is 1.00 e. The van der Waals surface area contributed by atoms with Crippen molar-refractivity contribution in [1.29, 1.82) is 0 Å². The monoisotopic (exact) mass is 495 g/mol. The van der Waals surface area contributed by atoms with Gasteiger partial charge in [-0.1, -0.05) is 6.07 Å². The molecule has 176 valence electrons. The molecule has 2 aliphatic heterocycles. The summed E-state index contributed by atoms with van der Waals surface area (Å²) in [5, 5.41) is 14.6. The number of nitrogens with one attached hydrogen (secondary N) is 1. The molecule has 0 unspecified atom stereocenters. The van der Waals surface area contributed by atoms with Crippen LogP contribution in [0.25, 0.3) is 0 Å². The zero-order valence-corrected chi connectivity index (χ0v) is 21.2. The topological polar surface area (TPSA) is 175 Å². The second-order valence-corrected chi connectivity index (χ2v) is 9.07. The third-order valence-corrected chi connectivity index (χ3v) is 4.90. The van der Waals surface area contributed by atoms with Crippen LogP contribution in [0.5, 0.6) is 5.75 Å². The van der Waals surface area contributed by atoms with Crippen molar-refractivity contribution in [3.63, 3.8) is 0 Å². The molecule has 3 rings (SSSR count). The third kappa shape index (κ3) is 6.49. The smallest absolute Gasteiger partial charge is 0.548 e. The summed E-state index contributed by atoms with van der Waals surface area (Å²) in [6, 6.07) is 0.759. The van der Waals surface area contributed by atoms with Gasteiger partial charge in [0.15, 0.2) is 0 Å². The van der Waals surface area contributed by atoms with E-state index in [2.05, 4.69) is 9.60 Å². The largest absolute Gasteiger partial charge is 1.00 e. The number of carbonyl (C=O) groups is 3. The summed E-state index contributed by atoms with van der Waals surface area (Å²) in [6.07, 6.45) is -0.620. The fourth-order valence-electron chi connectivity index (χ4n) is 3.46. The number of carboxylic acid groups (broad SMARTS) is 1. The number of alkyl carbamates (subject to hydrolysis) is 1. The summed E-state index contributed by atoms with van der Waals surface area (Å²) >= 11 is 0. The van der Waals surface area contributed by atoms with E-state index in [1.54, 1.807) is 20.8 Å². The number of aliphatic carboxylic acids is 1.